The molecule has 2 fully saturated rings. The van der Waals surface area contributed by atoms with E-state index >= 15 is 0 Å². The lowest BCUT2D eigenvalue weighted by Gasteiger charge is -2.35. The van der Waals surface area contributed by atoms with Gasteiger partial charge in [-0.1, -0.05) is 32.0 Å². The van der Waals surface area contributed by atoms with Crippen LogP contribution in [0, 0.1) is 5.41 Å². The van der Waals surface area contributed by atoms with Crippen molar-refractivity contribution >= 4 is 23.6 Å². The molecule has 1 aromatic carbocycles. The van der Waals surface area contributed by atoms with Crippen molar-refractivity contribution in [2.75, 3.05) is 38.1 Å². The highest BCUT2D eigenvalue weighted by molar-refractivity contribution is 6.13. The van der Waals surface area contributed by atoms with Crippen LogP contribution >= 0.6 is 0 Å². The third-order valence-electron chi connectivity index (χ3n) is 5.52. The average Bonchev–Trinajstić information content (AvgIpc) is 3.50. The van der Waals surface area contributed by atoms with E-state index in [1.165, 1.54) is 0 Å². The number of rotatable bonds is 5. The molecule has 0 radical (unpaired) electrons. The Hall–Kier alpha value is -2.57. The quantitative estimate of drug-likeness (QED) is 0.788. The monoisotopic (exact) mass is 387 g/mol. The summed E-state index contributed by atoms with van der Waals surface area (Å²) in [5.74, 6) is -0.0766. The molecule has 1 saturated heterocycles. The fourth-order valence-electron chi connectivity index (χ4n) is 3.63. The maximum absolute atomic E-state index is 13.1. The maximum Gasteiger partial charge on any atom is 0.409 e. The van der Waals surface area contributed by atoms with Gasteiger partial charge in [0.05, 0.1) is 6.61 Å². The second-order valence-corrected chi connectivity index (χ2v) is 7.76. The van der Waals surface area contributed by atoms with E-state index in [0.717, 1.165) is 11.3 Å². The first kappa shape index (κ1) is 20.2. The summed E-state index contributed by atoms with van der Waals surface area (Å²) < 4.78 is 5.01. The van der Waals surface area contributed by atoms with Gasteiger partial charge in [0.15, 0.2) is 0 Å². The van der Waals surface area contributed by atoms with E-state index in [1.54, 1.807) is 16.7 Å². The minimum Gasteiger partial charge on any atom is -0.450 e. The summed E-state index contributed by atoms with van der Waals surface area (Å²) in [5, 5.41) is 2.99. The molecule has 7 heteroatoms. The van der Waals surface area contributed by atoms with Crippen LogP contribution in [0.25, 0.3) is 0 Å². The van der Waals surface area contributed by atoms with Crippen LogP contribution in [0.1, 0.15) is 45.1 Å². The van der Waals surface area contributed by atoms with Crippen molar-refractivity contribution < 1.29 is 19.1 Å². The number of ether oxygens (including phenoxy) is 1. The summed E-state index contributed by atoms with van der Waals surface area (Å²) in [6.07, 6.45) is 0.790. The number of nitrogens with one attached hydrogen (secondary N) is 1. The smallest absolute Gasteiger partial charge is 0.409 e. The highest BCUT2D eigenvalue weighted by atomic mass is 16.6. The molecule has 3 amide bonds. The molecule has 0 bridgehead atoms. The molecule has 0 spiro atoms. The molecule has 1 saturated carbocycles. The van der Waals surface area contributed by atoms with Gasteiger partial charge >= 0.3 is 6.09 Å². The molecule has 152 valence electrons. The summed E-state index contributed by atoms with van der Waals surface area (Å²) in [4.78, 5) is 41.2. The first-order valence-corrected chi connectivity index (χ1v) is 10.0. The first-order valence-electron chi connectivity index (χ1n) is 10.0. The number of benzene rings is 1. The Kier molecular flexibility index (Phi) is 5.91. The zero-order valence-electron chi connectivity index (χ0n) is 16.9. The van der Waals surface area contributed by atoms with Crippen LogP contribution < -0.4 is 5.32 Å². The molecule has 0 aromatic heterocycles. The molecule has 0 unspecified atom stereocenters. The van der Waals surface area contributed by atoms with Gasteiger partial charge in [0.2, 0.25) is 11.8 Å². The molecule has 1 N–H and O–H groups in total. The average molecular weight is 387 g/mol. The number of hydrogen-bond donors (Lipinski definition) is 1. The fourth-order valence-corrected chi connectivity index (χ4v) is 3.63. The zero-order chi connectivity index (χ0) is 20.3. The van der Waals surface area contributed by atoms with Crippen LogP contribution in [0.15, 0.2) is 24.3 Å². The predicted molar refractivity (Wildman–Crippen MR) is 106 cm³/mol. The van der Waals surface area contributed by atoms with Crippen LogP contribution in [0.3, 0.4) is 0 Å². The molecular weight excluding hydrogens is 358 g/mol. The molecular formula is C21H29N3O4. The molecule has 1 heterocycles. The minimum atomic E-state index is -0.962. The predicted octanol–water partition coefficient (Wildman–Crippen LogP) is 2.83. The molecule has 1 aliphatic heterocycles. The summed E-state index contributed by atoms with van der Waals surface area (Å²) in [5.41, 5.74) is 0.867. The van der Waals surface area contributed by atoms with E-state index in [0.29, 0.717) is 45.6 Å². The topological polar surface area (TPSA) is 79.0 Å². The number of nitrogens with zero attached hydrogens (tertiary/aromatic N) is 2. The van der Waals surface area contributed by atoms with Gasteiger partial charge in [-0.25, -0.2) is 4.79 Å². The Balaban J connectivity index is 1.63. The van der Waals surface area contributed by atoms with Crippen LogP contribution in [-0.4, -0.2) is 60.5 Å². The first-order chi connectivity index (χ1) is 13.4. The van der Waals surface area contributed by atoms with Gasteiger partial charge in [0.25, 0.3) is 0 Å². The Morgan fingerprint density at radius 2 is 1.68 bits per heavy atom. The number of carbonyl (C=O) groups is 3. The number of hydrogen-bond acceptors (Lipinski definition) is 4. The van der Waals surface area contributed by atoms with E-state index in [2.05, 4.69) is 19.2 Å². The Morgan fingerprint density at radius 1 is 1.07 bits per heavy atom. The van der Waals surface area contributed by atoms with Crippen molar-refractivity contribution in [1.29, 1.82) is 0 Å². The number of para-hydroxylation sites is 1. The van der Waals surface area contributed by atoms with Crippen molar-refractivity contribution in [2.24, 2.45) is 5.41 Å². The second kappa shape index (κ2) is 8.20. The molecule has 0 atom stereocenters. The summed E-state index contributed by atoms with van der Waals surface area (Å²) in [6, 6.07) is 7.71. The summed E-state index contributed by atoms with van der Waals surface area (Å²) >= 11 is 0. The van der Waals surface area contributed by atoms with E-state index in [1.807, 2.05) is 24.3 Å². The van der Waals surface area contributed by atoms with Gasteiger partial charge in [0, 0.05) is 31.9 Å². The van der Waals surface area contributed by atoms with Crippen molar-refractivity contribution in [3.8, 4) is 0 Å². The molecule has 7 nitrogen and oxygen atoms in total. The van der Waals surface area contributed by atoms with Gasteiger partial charge in [-0.15, -0.1) is 0 Å². The molecule has 3 rings (SSSR count). The van der Waals surface area contributed by atoms with Crippen LogP contribution in [-0.2, 0) is 14.3 Å². The normalized spacial score (nSPS) is 18.0. The SMILES string of the molecule is CCOC(=O)N1CCN(C(=O)C2(C(=O)Nc3ccccc3C(C)C)CC2)CC1. The van der Waals surface area contributed by atoms with Crippen molar-refractivity contribution in [3.63, 3.8) is 0 Å². The third-order valence-corrected chi connectivity index (χ3v) is 5.52. The Morgan fingerprint density at radius 3 is 2.25 bits per heavy atom. The molecule has 28 heavy (non-hydrogen) atoms. The molecule has 2 aliphatic rings. The van der Waals surface area contributed by atoms with Gasteiger partial charge in [0.1, 0.15) is 5.41 Å². The summed E-state index contributed by atoms with van der Waals surface area (Å²) in [6.45, 7) is 7.96. The van der Waals surface area contributed by atoms with Gasteiger partial charge in [-0.2, -0.15) is 0 Å². The van der Waals surface area contributed by atoms with Gasteiger partial charge < -0.3 is 19.9 Å². The number of anilines is 1. The van der Waals surface area contributed by atoms with Crippen molar-refractivity contribution in [2.45, 2.75) is 39.5 Å². The lowest BCUT2D eigenvalue weighted by atomic mass is 9.99. The van der Waals surface area contributed by atoms with Crippen LogP contribution in [0.5, 0.6) is 0 Å². The second-order valence-electron chi connectivity index (χ2n) is 7.76. The highest BCUT2D eigenvalue weighted by Crippen LogP contribution is 2.48. The molecule has 1 aromatic rings. The van der Waals surface area contributed by atoms with E-state index in [-0.39, 0.29) is 23.8 Å². The van der Waals surface area contributed by atoms with Gasteiger partial charge in [-0.05, 0) is 37.3 Å². The largest absolute Gasteiger partial charge is 0.450 e. The van der Waals surface area contributed by atoms with Gasteiger partial charge in [-0.3, -0.25) is 9.59 Å². The van der Waals surface area contributed by atoms with Crippen molar-refractivity contribution in [1.82, 2.24) is 9.80 Å². The maximum atomic E-state index is 13.1. The van der Waals surface area contributed by atoms with Crippen molar-refractivity contribution in [3.05, 3.63) is 29.8 Å². The fraction of sp³-hybridized carbons (Fsp3) is 0.571. The number of piperazine rings is 1. The van der Waals surface area contributed by atoms with Crippen LogP contribution in [0.4, 0.5) is 10.5 Å². The molecule has 1 aliphatic carbocycles. The zero-order valence-corrected chi connectivity index (χ0v) is 16.9. The van der Waals surface area contributed by atoms with E-state index in [9.17, 15) is 14.4 Å². The number of amides is 3. The van der Waals surface area contributed by atoms with E-state index in [4.69, 9.17) is 4.74 Å². The third kappa shape index (κ3) is 3.98. The standard InChI is InChI=1S/C21H29N3O4/c1-4-28-20(27)24-13-11-23(12-14-24)19(26)21(9-10-21)18(25)22-17-8-6-5-7-16(17)15(2)3/h5-8,15H,4,9-14H2,1-3H3,(H,22,25). The minimum absolute atomic E-state index is 0.129. The Labute approximate surface area is 166 Å². The lowest BCUT2D eigenvalue weighted by molar-refractivity contribution is -0.143. The van der Waals surface area contributed by atoms with E-state index < -0.39 is 5.41 Å². The lowest BCUT2D eigenvalue weighted by Crippen LogP contribution is -2.53. The Bertz CT molecular complexity index is 750. The highest BCUT2D eigenvalue weighted by Gasteiger charge is 2.58. The van der Waals surface area contributed by atoms with Crippen LogP contribution in [0.2, 0.25) is 0 Å². The summed E-state index contributed by atoms with van der Waals surface area (Å²) in [7, 11) is 0. The number of carbonyl (C=O) groups excluding carboxylic acids is 3.